The van der Waals surface area contributed by atoms with E-state index in [0.29, 0.717) is 0 Å². The highest BCUT2D eigenvalue weighted by atomic mass is 16.2. The smallest absolute Gasteiger partial charge is 0.244 e. The van der Waals surface area contributed by atoms with Crippen LogP contribution >= 0.6 is 0 Å². The largest absolute Gasteiger partial charge is 0.291 e. The van der Waals surface area contributed by atoms with E-state index in [4.69, 9.17) is 0 Å². The van der Waals surface area contributed by atoms with Gasteiger partial charge in [-0.25, -0.2) is 5.43 Å². The first-order valence-corrected chi connectivity index (χ1v) is 5.44. The van der Waals surface area contributed by atoms with Gasteiger partial charge in [0.25, 0.3) is 0 Å². The van der Waals surface area contributed by atoms with Crippen LogP contribution in [0.4, 0.5) is 0 Å². The Morgan fingerprint density at radius 3 is 2.38 bits per heavy atom. The zero-order valence-corrected chi connectivity index (χ0v) is 10.6. The number of hydrazine groups is 1. The maximum atomic E-state index is 11.9. The third kappa shape index (κ3) is 2.42. The SMILES string of the molecule is CNNC(=O)C(C)(C)c1ccc(C)cc1C. The summed E-state index contributed by atoms with van der Waals surface area (Å²) in [5.74, 6) is -0.0260. The van der Waals surface area contributed by atoms with E-state index in [0.717, 1.165) is 11.1 Å². The van der Waals surface area contributed by atoms with Crippen molar-refractivity contribution in [2.75, 3.05) is 7.05 Å². The average Bonchev–Trinajstić information content (AvgIpc) is 2.17. The van der Waals surface area contributed by atoms with Crippen molar-refractivity contribution < 1.29 is 4.79 Å². The Morgan fingerprint density at radius 1 is 1.25 bits per heavy atom. The number of rotatable bonds is 3. The first kappa shape index (κ1) is 12.7. The second-order valence-corrected chi connectivity index (χ2v) is 4.65. The molecule has 2 N–H and O–H groups in total. The molecule has 1 aromatic rings. The molecule has 0 spiro atoms. The van der Waals surface area contributed by atoms with Crippen molar-refractivity contribution in [3.63, 3.8) is 0 Å². The molecule has 1 amide bonds. The van der Waals surface area contributed by atoms with E-state index in [1.54, 1.807) is 7.05 Å². The van der Waals surface area contributed by atoms with Crippen LogP contribution in [0.5, 0.6) is 0 Å². The van der Waals surface area contributed by atoms with Crippen LogP contribution in [0, 0.1) is 13.8 Å². The summed E-state index contributed by atoms with van der Waals surface area (Å²) < 4.78 is 0. The molecular weight excluding hydrogens is 200 g/mol. The van der Waals surface area contributed by atoms with Crippen LogP contribution in [0.2, 0.25) is 0 Å². The number of carbonyl (C=O) groups is 1. The highest BCUT2D eigenvalue weighted by molar-refractivity contribution is 5.87. The van der Waals surface area contributed by atoms with Crippen molar-refractivity contribution in [3.8, 4) is 0 Å². The molecule has 0 saturated heterocycles. The number of nitrogens with one attached hydrogen (secondary N) is 2. The zero-order valence-electron chi connectivity index (χ0n) is 10.6. The quantitative estimate of drug-likeness (QED) is 0.763. The van der Waals surface area contributed by atoms with Gasteiger partial charge in [0, 0.05) is 7.05 Å². The Bertz CT molecular complexity index is 397. The summed E-state index contributed by atoms with van der Waals surface area (Å²) in [5, 5.41) is 0. The maximum Gasteiger partial charge on any atom is 0.244 e. The predicted molar refractivity (Wildman–Crippen MR) is 66.1 cm³/mol. The lowest BCUT2D eigenvalue weighted by molar-refractivity contribution is -0.126. The number of carbonyl (C=O) groups excluding carboxylic acids is 1. The van der Waals surface area contributed by atoms with Crippen molar-refractivity contribution in [2.24, 2.45) is 0 Å². The van der Waals surface area contributed by atoms with Crippen LogP contribution in [0.3, 0.4) is 0 Å². The first-order valence-electron chi connectivity index (χ1n) is 5.44. The number of hydrogen-bond acceptors (Lipinski definition) is 2. The summed E-state index contributed by atoms with van der Waals surface area (Å²) >= 11 is 0. The summed E-state index contributed by atoms with van der Waals surface area (Å²) in [6, 6.07) is 6.17. The topological polar surface area (TPSA) is 41.1 Å². The second kappa shape index (κ2) is 4.66. The van der Waals surface area contributed by atoms with Gasteiger partial charge in [0.15, 0.2) is 0 Å². The fraction of sp³-hybridized carbons (Fsp3) is 0.462. The van der Waals surface area contributed by atoms with E-state index in [9.17, 15) is 4.79 Å². The molecule has 0 heterocycles. The maximum absolute atomic E-state index is 11.9. The minimum atomic E-state index is -0.527. The van der Waals surface area contributed by atoms with Gasteiger partial charge < -0.3 is 0 Å². The predicted octanol–water partition coefficient (Wildman–Crippen LogP) is 1.83. The van der Waals surface area contributed by atoms with E-state index in [1.807, 2.05) is 32.9 Å². The molecule has 1 rings (SSSR count). The van der Waals surface area contributed by atoms with Gasteiger partial charge in [-0.2, -0.15) is 0 Å². The molecule has 88 valence electrons. The minimum Gasteiger partial charge on any atom is -0.291 e. The third-order valence-electron chi connectivity index (χ3n) is 2.86. The molecule has 0 aliphatic carbocycles. The normalized spacial score (nSPS) is 11.3. The van der Waals surface area contributed by atoms with Crippen LogP contribution in [-0.4, -0.2) is 13.0 Å². The van der Waals surface area contributed by atoms with Crippen LogP contribution in [-0.2, 0) is 10.2 Å². The molecule has 3 nitrogen and oxygen atoms in total. The van der Waals surface area contributed by atoms with Gasteiger partial charge in [0.1, 0.15) is 0 Å². The summed E-state index contributed by atoms with van der Waals surface area (Å²) in [7, 11) is 1.69. The number of benzene rings is 1. The molecule has 1 aromatic carbocycles. The van der Waals surface area contributed by atoms with Crippen LogP contribution in [0.15, 0.2) is 18.2 Å². The molecule has 0 bridgehead atoms. The average molecular weight is 220 g/mol. The Hall–Kier alpha value is -1.35. The Morgan fingerprint density at radius 2 is 1.88 bits per heavy atom. The lowest BCUT2D eigenvalue weighted by Crippen LogP contribution is -2.45. The van der Waals surface area contributed by atoms with Crippen molar-refractivity contribution in [2.45, 2.75) is 33.1 Å². The van der Waals surface area contributed by atoms with Gasteiger partial charge in [-0.05, 0) is 38.8 Å². The zero-order chi connectivity index (χ0) is 12.3. The fourth-order valence-corrected chi connectivity index (χ4v) is 1.91. The summed E-state index contributed by atoms with van der Waals surface area (Å²) in [5.41, 5.74) is 8.21. The molecule has 0 unspecified atom stereocenters. The molecule has 0 fully saturated rings. The monoisotopic (exact) mass is 220 g/mol. The standard InChI is InChI=1S/C13H20N2O/c1-9-6-7-11(10(2)8-9)13(3,4)12(16)15-14-5/h6-8,14H,1-5H3,(H,15,16). The Labute approximate surface area is 97.2 Å². The molecule has 16 heavy (non-hydrogen) atoms. The highest BCUT2D eigenvalue weighted by Crippen LogP contribution is 2.26. The van der Waals surface area contributed by atoms with Crippen LogP contribution in [0.1, 0.15) is 30.5 Å². The summed E-state index contributed by atoms with van der Waals surface area (Å²) in [6.45, 7) is 7.95. The molecule has 0 saturated carbocycles. The molecule has 0 aromatic heterocycles. The molecule has 3 heteroatoms. The first-order chi connectivity index (χ1) is 7.39. The van der Waals surface area contributed by atoms with Gasteiger partial charge >= 0.3 is 0 Å². The molecule has 0 aliphatic rings. The Balaban J connectivity index is 3.11. The number of hydrogen-bond donors (Lipinski definition) is 2. The van der Waals surface area contributed by atoms with Crippen molar-refractivity contribution >= 4 is 5.91 Å². The van der Waals surface area contributed by atoms with E-state index in [1.165, 1.54) is 5.56 Å². The fourth-order valence-electron chi connectivity index (χ4n) is 1.91. The minimum absolute atomic E-state index is 0.0260. The van der Waals surface area contributed by atoms with Gasteiger partial charge in [0.05, 0.1) is 5.41 Å². The lowest BCUT2D eigenvalue weighted by Gasteiger charge is -2.25. The lowest BCUT2D eigenvalue weighted by atomic mass is 9.81. The third-order valence-corrected chi connectivity index (χ3v) is 2.86. The summed E-state index contributed by atoms with van der Waals surface area (Å²) in [4.78, 5) is 11.9. The van der Waals surface area contributed by atoms with Crippen molar-refractivity contribution in [1.29, 1.82) is 0 Å². The van der Waals surface area contributed by atoms with Crippen molar-refractivity contribution in [1.82, 2.24) is 10.9 Å². The second-order valence-electron chi connectivity index (χ2n) is 4.65. The number of amides is 1. The van der Waals surface area contributed by atoms with E-state index >= 15 is 0 Å². The van der Waals surface area contributed by atoms with Gasteiger partial charge in [-0.1, -0.05) is 23.8 Å². The summed E-state index contributed by atoms with van der Waals surface area (Å²) in [6.07, 6.45) is 0. The van der Waals surface area contributed by atoms with Gasteiger partial charge in [0.2, 0.25) is 5.91 Å². The molecule has 0 radical (unpaired) electrons. The molecule has 0 atom stereocenters. The van der Waals surface area contributed by atoms with Crippen molar-refractivity contribution in [3.05, 3.63) is 34.9 Å². The van der Waals surface area contributed by atoms with Crippen LogP contribution < -0.4 is 10.9 Å². The van der Waals surface area contributed by atoms with Crippen LogP contribution in [0.25, 0.3) is 0 Å². The van der Waals surface area contributed by atoms with E-state index in [-0.39, 0.29) is 5.91 Å². The molecular formula is C13H20N2O. The van der Waals surface area contributed by atoms with E-state index < -0.39 is 5.41 Å². The molecule has 0 aliphatic heterocycles. The Kier molecular flexibility index (Phi) is 3.70. The van der Waals surface area contributed by atoms with E-state index in [2.05, 4.69) is 23.8 Å². The van der Waals surface area contributed by atoms with Gasteiger partial charge in [-0.3, -0.25) is 10.2 Å². The van der Waals surface area contributed by atoms with Gasteiger partial charge in [-0.15, -0.1) is 0 Å². The highest BCUT2D eigenvalue weighted by Gasteiger charge is 2.30. The number of aryl methyl sites for hydroxylation is 2.